The van der Waals surface area contributed by atoms with Crippen LogP contribution in [0.4, 0.5) is 10.5 Å². The average molecular weight is 352 g/mol. The fraction of sp³-hybridized carbons (Fsp3) is 0.333. The highest BCUT2D eigenvalue weighted by Crippen LogP contribution is 2.28. The van der Waals surface area contributed by atoms with Gasteiger partial charge in [0.25, 0.3) is 0 Å². The summed E-state index contributed by atoms with van der Waals surface area (Å²) < 4.78 is 5.27. The molecule has 0 unspecified atom stereocenters. The quantitative estimate of drug-likeness (QED) is 0.896. The molecule has 0 saturated carbocycles. The van der Waals surface area contributed by atoms with E-state index in [9.17, 15) is 9.59 Å². The molecule has 5 heteroatoms. The largest absolute Gasteiger partial charge is 0.445 e. The molecule has 0 fully saturated rings. The number of ether oxygens (including phenoxy) is 1. The Kier molecular flexibility index (Phi) is 5.56. The fourth-order valence-electron chi connectivity index (χ4n) is 3.14. The Morgan fingerprint density at radius 1 is 1.08 bits per heavy atom. The van der Waals surface area contributed by atoms with Crippen molar-refractivity contribution in [1.29, 1.82) is 0 Å². The van der Waals surface area contributed by atoms with E-state index in [0.29, 0.717) is 6.54 Å². The minimum atomic E-state index is -0.621. The number of carbonyl (C=O) groups is 2. The molecule has 0 saturated heterocycles. The molecule has 0 radical (unpaired) electrons. The first-order valence-corrected chi connectivity index (χ1v) is 8.93. The van der Waals surface area contributed by atoms with E-state index in [4.69, 9.17) is 4.74 Å². The van der Waals surface area contributed by atoms with Crippen molar-refractivity contribution in [1.82, 2.24) is 5.32 Å². The number of rotatable bonds is 5. The van der Waals surface area contributed by atoms with Crippen LogP contribution in [0.15, 0.2) is 54.6 Å². The molecule has 1 atom stereocenters. The van der Waals surface area contributed by atoms with Crippen molar-refractivity contribution >= 4 is 17.7 Å². The van der Waals surface area contributed by atoms with E-state index in [1.807, 2.05) is 68.4 Å². The molecule has 5 nitrogen and oxygen atoms in total. The number of carbonyl (C=O) groups excluding carboxylic acids is 2. The van der Waals surface area contributed by atoms with Crippen LogP contribution in [0.25, 0.3) is 0 Å². The highest BCUT2D eigenvalue weighted by Gasteiger charge is 2.33. The third-order valence-electron chi connectivity index (χ3n) is 4.57. The smallest absolute Gasteiger partial charge is 0.408 e. The van der Waals surface area contributed by atoms with Crippen LogP contribution in [-0.4, -0.2) is 24.6 Å². The molecule has 2 aromatic carbocycles. The Hall–Kier alpha value is -2.82. The molecule has 0 bridgehead atoms. The van der Waals surface area contributed by atoms with E-state index in [1.54, 1.807) is 4.90 Å². The van der Waals surface area contributed by atoms with Crippen molar-refractivity contribution in [3.63, 3.8) is 0 Å². The predicted octanol–water partition coefficient (Wildman–Crippen LogP) is 3.53. The Morgan fingerprint density at radius 2 is 1.77 bits per heavy atom. The zero-order chi connectivity index (χ0) is 18.5. The van der Waals surface area contributed by atoms with Crippen LogP contribution in [0.3, 0.4) is 0 Å². The molecule has 0 aromatic heterocycles. The van der Waals surface area contributed by atoms with Gasteiger partial charge < -0.3 is 15.0 Å². The van der Waals surface area contributed by atoms with Gasteiger partial charge in [0.05, 0.1) is 0 Å². The van der Waals surface area contributed by atoms with Crippen molar-refractivity contribution in [2.24, 2.45) is 5.92 Å². The summed E-state index contributed by atoms with van der Waals surface area (Å²) in [5.74, 6) is -0.138. The van der Waals surface area contributed by atoms with Gasteiger partial charge in [-0.2, -0.15) is 0 Å². The Balaban J connectivity index is 1.64. The monoisotopic (exact) mass is 352 g/mol. The van der Waals surface area contributed by atoms with Crippen molar-refractivity contribution in [3.8, 4) is 0 Å². The maximum Gasteiger partial charge on any atom is 0.408 e. The van der Waals surface area contributed by atoms with Crippen molar-refractivity contribution in [3.05, 3.63) is 65.7 Å². The van der Waals surface area contributed by atoms with Gasteiger partial charge in [0.15, 0.2) is 0 Å². The first kappa shape index (κ1) is 18.0. The predicted molar refractivity (Wildman–Crippen MR) is 101 cm³/mol. The summed E-state index contributed by atoms with van der Waals surface area (Å²) in [6.45, 7) is 4.66. The Morgan fingerprint density at radius 3 is 2.50 bits per heavy atom. The SMILES string of the molecule is CC(C)[C@H](NC(=O)OCc1ccccc1)C(=O)N1CCc2ccccc21. The second-order valence-electron chi connectivity index (χ2n) is 6.80. The minimum Gasteiger partial charge on any atom is -0.445 e. The number of anilines is 1. The summed E-state index contributed by atoms with van der Waals surface area (Å²) in [6, 6.07) is 16.7. The fourth-order valence-corrected chi connectivity index (χ4v) is 3.14. The van der Waals surface area contributed by atoms with Crippen LogP contribution in [0, 0.1) is 5.92 Å². The molecular weight excluding hydrogens is 328 g/mol. The normalized spacial score (nSPS) is 14.0. The van der Waals surface area contributed by atoms with Crippen molar-refractivity contribution in [2.75, 3.05) is 11.4 Å². The lowest BCUT2D eigenvalue weighted by molar-refractivity contribution is -0.121. The minimum absolute atomic E-state index is 0.0421. The maximum atomic E-state index is 13.0. The third kappa shape index (κ3) is 4.04. The first-order chi connectivity index (χ1) is 12.6. The number of hydrogen-bond acceptors (Lipinski definition) is 3. The summed E-state index contributed by atoms with van der Waals surface area (Å²) in [5.41, 5.74) is 3.00. The van der Waals surface area contributed by atoms with Gasteiger partial charge in [-0.15, -0.1) is 0 Å². The van der Waals surface area contributed by atoms with E-state index in [-0.39, 0.29) is 18.4 Å². The van der Waals surface area contributed by atoms with E-state index >= 15 is 0 Å². The molecule has 1 heterocycles. The van der Waals surface area contributed by atoms with Gasteiger partial charge in [-0.1, -0.05) is 62.4 Å². The number of hydrogen-bond donors (Lipinski definition) is 1. The van der Waals surface area contributed by atoms with Gasteiger partial charge >= 0.3 is 6.09 Å². The zero-order valence-electron chi connectivity index (χ0n) is 15.1. The maximum absolute atomic E-state index is 13.0. The second-order valence-corrected chi connectivity index (χ2v) is 6.80. The highest BCUT2D eigenvalue weighted by atomic mass is 16.5. The van der Waals surface area contributed by atoms with Crippen LogP contribution in [0.2, 0.25) is 0 Å². The van der Waals surface area contributed by atoms with Gasteiger partial charge in [-0.25, -0.2) is 4.79 Å². The second kappa shape index (κ2) is 8.04. The topological polar surface area (TPSA) is 58.6 Å². The van der Waals surface area contributed by atoms with E-state index < -0.39 is 12.1 Å². The van der Waals surface area contributed by atoms with Gasteiger partial charge in [0.2, 0.25) is 5.91 Å². The van der Waals surface area contributed by atoms with Crippen LogP contribution in [0.5, 0.6) is 0 Å². The lowest BCUT2D eigenvalue weighted by Gasteiger charge is -2.27. The third-order valence-corrected chi connectivity index (χ3v) is 4.57. The summed E-state index contributed by atoms with van der Waals surface area (Å²) in [5, 5.41) is 2.74. The Labute approximate surface area is 154 Å². The van der Waals surface area contributed by atoms with Crippen molar-refractivity contribution in [2.45, 2.75) is 32.9 Å². The number of amides is 2. The number of alkyl carbamates (subject to hydrolysis) is 1. The molecule has 1 aliphatic heterocycles. The lowest BCUT2D eigenvalue weighted by Crippen LogP contribution is -2.51. The standard InChI is InChI=1S/C21H24N2O3/c1-15(2)19(22-21(25)26-14-16-8-4-3-5-9-16)20(24)23-13-12-17-10-6-7-11-18(17)23/h3-11,15,19H,12-14H2,1-2H3,(H,22,25)/t19-/m0/s1. The highest BCUT2D eigenvalue weighted by molar-refractivity contribution is 6.00. The molecule has 2 amide bonds. The average Bonchev–Trinajstić information content (AvgIpc) is 3.08. The van der Waals surface area contributed by atoms with Crippen molar-refractivity contribution < 1.29 is 14.3 Å². The summed E-state index contributed by atoms with van der Waals surface area (Å²) in [4.78, 5) is 27.0. The molecule has 26 heavy (non-hydrogen) atoms. The molecule has 3 rings (SSSR count). The molecule has 0 aliphatic carbocycles. The Bertz CT molecular complexity index is 774. The number of nitrogens with one attached hydrogen (secondary N) is 1. The van der Waals surface area contributed by atoms with Crippen LogP contribution < -0.4 is 10.2 Å². The molecule has 1 N–H and O–H groups in total. The number of fused-ring (bicyclic) bond motifs is 1. The lowest BCUT2D eigenvalue weighted by atomic mass is 10.0. The number of para-hydroxylation sites is 1. The van der Waals surface area contributed by atoms with Crippen LogP contribution in [-0.2, 0) is 22.6 Å². The summed E-state index contributed by atoms with van der Waals surface area (Å²) in [6.07, 6.45) is 0.263. The van der Waals surface area contributed by atoms with Crippen LogP contribution in [0.1, 0.15) is 25.0 Å². The molecular formula is C21H24N2O3. The van der Waals surface area contributed by atoms with Gasteiger partial charge in [0.1, 0.15) is 12.6 Å². The van der Waals surface area contributed by atoms with E-state index in [2.05, 4.69) is 5.32 Å². The van der Waals surface area contributed by atoms with E-state index in [0.717, 1.165) is 23.2 Å². The molecule has 0 spiro atoms. The van der Waals surface area contributed by atoms with Gasteiger partial charge in [-0.3, -0.25) is 4.79 Å². The van der Waals surface area contributed by atoms with Crippen LogP contribution >= 0.6 is 0 Å². The zero-order valence-corrected chi connectivity index (χ0v) is 15.1. The number of nitrogens with zero attached hydrogens (tertiary/aromatic N) is 1. The first-order valence-electron chi connectivity index (χ1n) is 8.93. The molecule has 2 aromatic rings. The number of benzene rings is 2. The summed E-state index contributed by atoms with van der Waals surface area (Å²) in [7, 11) is 0. The van der Waals surface area contributed by atoms with Gasteiger partial charge in [0, 0.05) is 12.2 Å². The van der Waals surface area contributed by atoms with Gasteiger partial charge in [-0.05, 0) is 29.5 Å². The summed E-state index contributed by atoms with van der Waals surface area (Å²) >= 11 is 0. The molecule has 1 aliphatic rings. The molecule has 136 valence electrons. The van der Waals surface area contributed by atoms with E-state index in [1.165, 1.54) is 0 Å².